The van der Waals surface area contributed by atoms with Crippen molar-refractivity contribution in [2.45, 2.75) is 50.6 Å². The number of hydrogen-bond acceptors (Lipinski definition) is 5. The summed E-state index contributed by atoms with van der Waals surface area (Å²) in [5.74, 6) is -0.234. The van der Waals surface area contributed by atoms with E-state index in [4.69, 9.17) is 5.73 Å². The fraction of sp³-hybridized carbons (Fsp3) is 0.857. The molecule has 0 aromatic carbocycles. The molecule has 0 spiro atoms. The molecule has 1 aliphatic carbocycles. The molecule has 3 N–H and O–H groups in total. The minimum atomic E-state index is -0.241. The van der Waals surface area contributed by atoms with Crippen LogP contribution in [0.25, 0.3) is 0 Å². The second kappa shape index (κ2) is 8.92. The first kappa shape index (κ1) is 16.9. The molecule has 1 aliphatic rings. The van der Waals surface area contributed by atoms with Crippen LogP contribution in [0.5, 0.6) is 0 Å². The highest BCUT2D eigenvalue weighted by Gasteiger charge is 2.22. The molecule has 0 aliphatic heterocycles. The van der Waals surface area contributed by atoms with Gasteiger partial charge in [-0.25, -0.2) is 0 Å². The highest BCUT2D eigenvalue weighted by Crippen LogP contribution is 2.20. The Morgan fingerprint density at radius 1 is 1.30 bits per heavy atom. The molecule has 1 rings (SSSR count). The molecule has 0 heterocycles. The van der Waals surface area contributed by atoms with Crippen LogP contribution in [0.3, 0.4) is 0 Å². The zero-order valence-electron chi connectivity index (χ0n) is 12.6. The van der Waals surface area contributed by atoms with E-state index < -0.39 is 0 Å². The van der Waals surface area contributed by atoms with Gasteiger partial charge in [-0.05, 0) is 39.2 Å². The fourth-order valence-electron chi connectivity index (χ4n) is 2.52. The predicted octanol–water partition coefficient (Wildman–Crippen LogP) is 0.258. The van der Waals surface area contributed by atoms with Crippen LogP contribution in [0.2, 0.25) is 0 Å². The fourth-order valence-corrected chi connectivity index (χ4v) is 2.52. The van der Waals surface area contributed by atoms with Crippen LogP contribution in [0.1, 0.15) is 38.5 Å². The van der Waals surface area contributed by atoms with Gasteiger partial charge in [0.05, 0.1) is 13.7 Å². The van der Waals surface area contributed by atoms with Crippen molar-refractivity contribution in [3.05, 3.63) is 0 Å². The average molecular weight is 285 g/mol. The van der Waals surface area contributed by atoms with Crippen molar-refractivity contribution in [2.75, 3.05) is 27.2 Å². The van der Waals surface area contributed by atoms with Crippen molar-refractivity contribution >= 4 is 11.9 Å². The topological polar surface area (TPSA) is 84.7 Å². The molecule has 1 amide bonds. The van der Waals surface area contributed by atoms with E-state index >= 15 is 0 Å². The summed E-state index contributed by atoms with van der Waals surface area (Å²) in [4.78, 5) is 24.8. The maximum absolute atomic E-state index is 11.8. The van der Waals surface area contributed by atoms with Gasteiger partial charge in [-0.15, -0.1) is 0 Å². The second-order valence-corrected chi connectivity index (χ2v) is 5.51. The van der Waals surface area contributed by atoms with E-state index in [0.717, 1.165) is 25.7 Å². The van der Waals surface area contributed by atoms with Crippen LogP contribution in [0.15, 0.2) is 0 Å². The summed E-state index contributed by atoms with van der Waals surface area (Å²) in [6.07, 6.45) is 5.15. The van der Waals surface area contributed by atoms with E-state index in [2.05, 4.69) is 15.0 Å². The van der Waals surface area contributed by atoms with Crippen LogP contribution < -0.4 is 11.1 Å². The third-order valence-corrected chi connectivity index (χ3v) is 3.87. The summed E-state index contributed by atoms with van der Waals surface area (Å²) in [5, 5.41) is 2.83. The summed E-state index contributed by atoms with van der Waals surface area (Å²) in [7, 11) is 3.35. The number of nitrogens with two attached hydrogens (primary N) is 1. The number of rotatable bonds is 7. The summed E-state index contributed by atoms with van der Waals surface area (Å²) >= 11 is 0. The molecule has 0 bridgehead atoms. The number of carbonyl (C=O) groups is 2. The van der Waals surface area contributed by atoms with Crippen molar-refractivity contribution in [3.8, 4) is 0 Å². The van der Waals surface area contributed by atoms with Gasteiger partial charge in [0.1, 0.15) is 0 Å². The number of carbonyl (C=O) groups excluding carboxylic acids is 2. The number of hydrogen-bond donors (Lipinski definition) is 2. The molecule has 1 saturated carbocycles. The molecule has 0 saturated heterocycles. The Balaban J connectivity index is 2.13. The number of likely N-dealkylation sites (N-methyl/N-ethyl adjacent to an activating group) is 1. The molecule has 0 aromatic heterocycles. The number of ether oxygens (including phenoxy) is 1. The van der Waals surface area contributed by atoms with Gasteiger partial charge in [0.15, 0.2) is 0 Å². The standard InChI is InChI=1S/C14H27N3O3/c1-17(12-7-5-11(15)6-8-12)10-13(18)16-9-3-4-14(19)20-2/h11-12H,3-10,15H2,1-2H3,(H,16,18). The number of esters is 1. The molecule has 0 aromatic rings. The Kier molecular flexibility index (Phi) is 7.54. The normalized spacial score (nSPS) is 22.6. The Morgan fingerprint density at radius 3 is 2.55 bits per heavy atom. The number of methoxy groups -OCH3 is 1. The average Bonchev–Trinajstić information content (AvgIpc) is 2.43. The smallest absolute Gasteiger partial charge is 0.305 e. The SMILES string of the molecule is COC(=O)CCCNC(=O)CN(C)C1CCC(N)CC1. The second-order valence-electron chi connectivity index (χ2n) is 5.51. The van der Waals surface area contributed by atoms with E-state index in [1.807, 2.05) is 7.05 Å². The van der Waals surface area contributed by atoms with Crippen LogP contribution in [0.4, 0.5) is 0 Å². The Hall–Kier alpha value is -1.14. The molecule has 6 nitrogen and oxygen atoms in total. The largest absolute Gasteiger partial charge is 0.469 e. The molecule has 0 radical (unpaired) electrons. The summed E-state index contributed by atoms with van der Waals surface area (Å²) < 4.78 is 4.54. The van der Waals surface area contributed by atoms with Gasteiger partial charge in [0.2, 0.25) is 5.91 Å². The van der Waals surface area contributed by atoms with Crippen LogP contribution in [-0.4, -0.2) is 56.1 Å². The minimum absolute atomic E-state index is 0.00670. The lowest BCUT2D eigenvalue weighted by Gasteiger charge is -2.33. The Morgan fingerprint density at radius 2 is 1.95 bits per heavy atom. The molecular formula is C14H27N3O3. The maximum Gasteiger partial charge on any atom is 0.305 e. The Labute approximate surface area is 121 Å². The van der Waals surface area contributed by atoms with Crippen molar-refractivity contribution in [1.29, 1.82) is 0 Å². The van der Waals surface area contributed by atoms with Gasteiger partial charge in [0.25, 0.3) is 0 Å². The summed E-state index contributed by atoms with van der Waals surface area (Å²) in [5.41, 5.74) is 5.88. The molecule has 0 unspecified atom stereocenters. The lowest BCUT2D eigenvalue weighted by Crippen LogP contribution is -2.43. The van der Waals surface area contributed by atoms with E-state index in [0.29, 0.717) is 38.0 Å². The van der Waals surface area contributed by atoms with Gasteiger partial charge < -0.3 is 15.8 Å². The number of amides is 1. The minimum Gasteiger partial charge on any atom is -0.469 e. The zero-order chi connectivity index (χ0) is 15.0. The predicted molar refractivity (Wildman–Crippen MR) is 77.1 cm³/mol. The Bertz CT molecular complexity index is 315. The maximum atomic E-state index is 11.8. The first-order valence-electron chi connectivity index (χ1n) is 7.32. The quantitative estimate of drug-likeness (QED) is 0.518. The first-order valence-corrected chi connectivity index (χ1v) is 7.32. The number of nitrogens with zero attached hydrogens (tertiary/aromatic N) is 1. The van der Waals surface area contributed by atoms with Crippen molar-refractivity contribution in [3.63, 3.8) is 0 Å². The summed E-state index contributed by atoms with van der Waals surface area (Å²) in [6.45, 7) is 0.912. The van der Waals surface area contributed by atoms with Gasteiger partial charge in [-0.3, -0.25) is 14.5 Å². The third kappa shape index (κ3) is 6.34. The van der Waals surface area contributed by atoms with Gasteiger partial charge in [-0.2, -0.15) is 0 Å². The lowest BCUT2D eigenvalue weighted by molar-refractivity contribution is -0.140. The third-order valence-electron chi connectivity index (χ3n) is 3.87. The summed E-state index contributed by atoms with van der Waals surface area (Å²) in [6, 6.07) is 0.780. The van der Waals surface area contributed by atoms with Crippen molar-refractivity contribution in [1.82, 2.24) is 10.2 Å². The molecule has 0 atom stereocenters. The van der Waals surface area contributed by atoms with E-state index in [-0.39, 0.29) is 11.9 Å². The molecule has 116 valence electrons. The van der Waals surface area contributed by atoms with E-state index in [1.54, 1.807) is 0 Å². The van der Waals surface area contributed by atoms with Crippen LogP contribution in [0, 0.1) is 0 Å². The molecule has 20 heavy (non-hydrogen) atoms. The van der Waals surface area contributed by atoms with Crippen LogP contribution in [-0.2, 0) is 14.3 Å². The van der Waals surface area contributed by atoms with Crippen molar-refractivity contribution in [2.24, 2.45) is 5.73 Å². The molecule has 1 fully saturated rings. The van der Waals surface area contributed by atoms with Crippen LogP contribution >= 0.6 is 0 Å². The highest BCUT2D eigenvalue weighted by molar-refractivity contribution is 5.78. The lowest BCUT2D eigenvalue weighted by atomic mass is 9.91. The molecular weight excluding hydrogens is 258 g/mol. The number of nitrogens with one attached hydrogen (secondary N) is 1. The van der Waals surface area contributed by atoms with Crippen molar-refractivity contribution < 1.29 is 14.3 Å². The van der Waals surface area contributed by atoms with Gasteiger partial charge in [0, 0.05) is 25.0 Å². The van der Waals surface area contributed by atoms with E-state index in [1.165, 1.54) is 7.11 Å². The van der Waals surface area contributed by atoms with E-state index in [9.17, 15) is 9.59 Å². The first-order chi connectivity index (χ1) is 9.52. The van der Waals surface area contributed by atoms with Gasteiger partial charge >= 0.3 is 5.97 Å². The highest BCUT2D eigenvalue weighted by atomic mass is 16.5. The van der Waals surface area contributed by atoms with Gasteiger partial charge in [-0.1, -0.05) is 0 Å². The molecule has 6 heteroatoms. The monoisotopic (exact) mass is 285 g/mol. The zero-order valence-corrected chi connectivity index (χ0v) is 12.6.